The lowest BCUT2D eigenvalue weighted by atomic mass is 10.0. The minimum Gasteiger partial charge on any atom is -0.493 e. The van der Waals surface area contributed by atoms with E-state index >= 15 is 0 Å². The molecule has 2 aromatic carbocycles. The third kappa shape index (κ3) is 2.84. The van der Waals surface area contributed by atoms with Crippen LogP contribution >= 0.6 is 0 Å². The van der Waals surface area contributed by atoms with E-state index in [1.54, 1.807) is 26.2 Å². The summed E-state index contributed by atoms with van der Waals surface area (Å²) in [7, 11) is 4.72. The average molecular weight is 342 g/mol. The van der Waals surface area contributed by atoms with Gasteiger partial charge in [-0.05, 0) is 31.2 Å². The Morgan fingerprint density at radius 1 is 1.04 bits per heavy atom. The van der Waals surface area contributed by atoms with Gasteiger partial charge < -0.3 is 24.4 Å². The summed E-state index contributed by atoms with van der Waals surface area (Å²) in [4.78, 5) is 14.6. The van der Waals surface area contributed by atoms with Crippen molar-refractivity contribution in [3.05, 3.63) is 47.5 Å². The fourth-order valence-electron chi connectivity index (χ4n) is 3.14. The number of carbonyl (C=O) groups excluding carboxylic acids is 1. The van der Waals surface area contributed by atoms with Crippen LogP contribution in [-0.4, -0.2) is 38.7 Å². The van der Waals surface area contributed by atoms with Crippen LogP contribution in [0.1, 0.15) is 29.0 Å². The fourth-order valence-corrected chi connectivity index (χ4v) is 3.14. The zero-order valence-corrected chi connectivity index (χ0v) is 14.8. The first-order chi connectivity index (χ1) is 12.1. The van der Waals surface area contributed by atoms with Gasteiger partial charge in [0, 0.05) is 17.8 Å². The van der Waals surface area contributed by atoms with Crippen molar-refractivity contribution in [2.45, 2.75) is 13.1 Å². The SMILES string of the molecule is CCN1C(=O)c2ccccc2NC1c1cc(OC)c(OC)c(OC)c1. The maximum Gasteiger partial charge on any atom is 0.257 e. The molecule has 25 heavy (non-hydrogen) atoms. The molecule has 1 N–H and O–H groups in total. The Bertz CT molecular complexity index is 766. The maximum absolute atomic E-state index is 12.9. The molecule has 2 aromatic rings. The largest absolute Gasteiger partial charge is 0.493 e. The van der Waals surface area contributed by atoms with Crippen LogP contribution in [-0.2, 0) is 0 Å². The molecule has 6 nitrogen and oxygen atoms in total. The van der Waals surface area contributed by atoms with Gasteiger partial charge in [0.2, 0.25) is 5.75 Å². The molecule has 0 aromatic heterocycles. The number of nitrogens with one attached hydrogen (secondary N) is 1. The topological polar surface area (TPSA) is 60.0 Å². The maximum atomic E-state index is 12.9. The van der Waals surface area contributed by atoms with Crippen LogP contribution in [0.2, 0.25) is 0 Å². The first-order valence-corrected chi connectivity index (χ1v) is 8.11. The Kier molecular flexibility index (Phi) is 4.70. The van der Waals surface area contributed by atoms with Gasteiger partial charge in [-0.1, -0.05) is 12.1 Å². The van der Waals surface area contributed by atoms with Gasteiger partial charge in [-0.3, -0.25) is 4.79 Å². The van der Waals surface area contributed by atoms with Crippen LogP contribution in [0.3, 0.4) is 0 Å². The van der Waals surface area contributed by atoms with Crippen LogP contribution in [0, 0.1) is 0 Å². The second-order valence-electron chi connectivity index (χ2n) is 5.64. The molecular formula is C19H22N2O4. The van der Waals surface area contributed by atoms with E-state index in [0.717, 1.165) is 11.3 Å². The van der Waals surface area contributed by atoms with E-state index in [9.17, 15) is 4.79 Å². The third-order valence-corrected chi connectivity index (χ3v) is 4.37. The molecule has 0 spiro atoms. The molecule has 6 heteroatoms. The van der Waals surface area contributed by atoms with E-state index in [4.69, 9.17) is 14.2 Å². The van der Waals surface area contributed by atoms with Crippen molar-refractivity contribution < 1.29 is 19.0 Å². The number of methoxy groups -OCH3 is 3. The van der Waals surface area contributed by atoms with E-state index in [1.807, 2.05) is 43.3 Å². The predicted molar refractivity (Wildman–Crippen MR) is 95.6 cm³/mol. The molecule has 132 valence electrons. The number of ether oxygens (including phenoxy) is 3. The second-order valence-corrected chi connectivity index (χ2v) is 5.64. The zero-order chi connectivity index (χ0) is 18.0. The molecule has 3 rings (SSSR count). The first-order valence-electron chi connectivity index (χ1n) is 8.11. The molecule has 0 aliphatic carbocycles. The lowest BCUT2D eigenvalue weighted by Gasteiger charge is -2.37. The van der Waals surface area contributed by atoms with Crippen molar-refractivity contribution in [3.63, 3.8) is 0 Å². The number of fused-ring (bicyclic) bond motifs is 1. The van der Waals surface area contributed by atoms with Gasteiger partial charge in [-0.15, -0.1) is 0 Å². The highest BCUT2D eigenvalue weighted by atomic mass is 16.5. The van der Waals surface area contributed by atoms with Crippen LogP contribution in [0.4, 0.5) is 5.69 Å². The van der Waals surface area contributed by atoms with E-state index in [0.29, 0.717) is 29.4 Å². The van der Waals surface area contributed by atoms with Crippen molar-refractivity contribution in [1.82, 2.24) is 4.90 Å². The molecule has 0 radical (unpaired) electrons. The second kappa shape index (κ2) is 6.93. The molecule has 1 unspecified atom stereocenters. The number of anilines is 1. The Morgan fingerprint density at radius 2 is 1.68 bits per heavy atom. The number of para-hydroxylation sites is 1. The number of hydrogen-bond donors (Lipinski definition) is 1. The highest BCUT2D eigenvalue weighted by molar-refractivity contribution is 6.01. The summed E-state index contributed by atoms with van der Waals surface area (Å²) in [5.41, 5.74) is 2.35. The highest BCUT2D eigenvalue weighted by Crippen LogP contribution is 2.42. The number of carbonyl (C=O) groups is 1. The smallest absolute Gasteiger partial charge is 0.257 e. The predicted octanol–water partition coefficient (Wildman–Crippen LogP) is 3.30. The lowest BCUT2D eigenvalue weighted by molar-refractivity contribution is 0.0694. The molecular weight excluding hydrogens is 320 g/mol. The summed E-state index contributed by atoms with van der Waals surface area (Å²) in [6.07, 6.45) is -0.318. The zero-order valence-electron chi connectivity index (χ0n) is 14.8. The number of hydrogen-bond acceptors (Lipinski definition) is 5. The minimum absolute atomic E-state index is 0.00407. The Balaban J connectivity index is 2.10. The van der Waals surface area contributed by atoms with E-state index in [2.05, 4.69) is 5.32 Å². The summed E-state index contributed by atoms with van der Waals surface area (Å²) in [5, 5.41) is 3.44. The molecule has 0 bridgehead atoms. The van der Waals surface area contributed by atoms with Crippen LogP contribution in [0.15, 0.2) is 36.4 Å². The number of benzene rings is 2. The van der Waals surface area contributed by atoms with Gasteiger partial charge in [0.15, 0.2) is 11.5 Å². The summed E-state index contributed by atoms with van der Waals surface area (Å²) < 4.78 is 16.3. The van der Waals surface area contributed by atoms with Crippen molar-refractivity contribution in [1.29, 1.82) is 0 Å². The normalized spacial score (nSPS) is 16.1. The van der Waals surface area contributed by atoms with E-state index < -0.39 is 0 Å². The van der Waals surface area contributed by atoms with Crippen LogP contribution in [0.5, 0.6) is 17.2 Å². The average Bonchev–Trinajstić information content (AvgIpc) is 2.66. The molecule has 0 saturated carbocycles. The van der Waals surface area contributed by atoms with Crippen molar-refractivity contribution in [2.24, 2.45) is 0 Å². The molecule has 0 saturated heterocycles. The van der Waals surface area contributed by atoms with Gasteiger partial charge >= 0.3 is 0 Å². The summed E-state index contributed by atoms with van der Waals surface area (Å²) in [5.74, 6) is 1.64. The van der Waals surface area contributed by atoms with Gasteiger partial charge in [-0.2, -0.15) is 0 Å². The number of rotatable bonds is 5. The van der Waals surface area contributed by atoms with Crippen molar-refractivity contribution >= 4 is 11.6 Å². The number of amides is 1. The van der Waals surface area contributed by atoms with Crippen molar-refractivity contribution in [3.8, 4) is 17.2 Å². The minimum atomic E-state index is -0.318. The molecule has 1 amide bonds. The van der Waals surface area contributed by atoms with Crippen LogP contribution in [0.25, 0.3) is 0 Å². The van der Waals surface area contributed by atoms with Gasteiger partial charge in [0.25, 0.3) is 5.91 Å². The van der Waals surface area contributed by atoms with Gasteiger partial charge in [0.05, 0.1) is 26.9 Å². The van der Waals surface area contributed by atoms with Gasteiger partial charge in [0.1, 0.15) is 6.17 Å². The standard InChI is InChI=1S/C19H22N2O4/c1-5-21-18(20-14-9-7-6-8-13(14)19(21)22)12-10-15(23-2)17(25-4)16(11-12)24-3/h6-11,18,20H,5H2,1-4H3. The van der Waals surface area contributed by atoms with E-state index in [-0.39, 0.29) is 12.1 Å². The molecule has 1 aliphatic rings. The summed E-state index contributed by atoms with van der Waals surface area (Å²) in [6, 6.07) is 11.2. The Labute approximate surface area is 147 Å². The quantitative estimate of drug-likeness (QED) is 0.903. The Hall–Kier alpha value is -2.89. The monoisotopic (exact) mass is 342 g/mol. The third-order valence-electron chi connectivity index (χ3n) is 4.37. The lowest BCUT2D eigenvalue weighted by Crippen LogP contribution is -2.42. The molecule has 1 aliphatic heterocycles. The highest BCUT2D eigenvalue weighted by Gasteiger charge is 2.32. The fraction of sp³-hybridized carbons (Fsp3) is 0.316. The van der Waals surface area contributed by atoms with E-state index in [1.165, 1.54) is 0 Å². The number of nitrogens with zero attached hydrogens (tertiary/aromatic N) is 1. The van der Waals surface area contributed by atoms with Crippen molar-refractivity contribution in [2.75, 3.05) is 33.2 Å². The molecule has 1 heterocycles. The van der Waals surface area contributed by atoms with Crippen LogP contribution < -0.4 is 19.5 Å². The van der Waals surface area contributed by atoms with Gasteiger partial charge in [-0.25, -0.2) is 0 Å². The first kappa shape index (κ1) is 17.0. The summed E-state index contributed by atoms with van der Waals surface area (Å²) >= 11 is 0. The Morgan fingerprint density at radius 3 is 2.24 bits per heavy atom. The molecule has 1 atom stereocenters. The summed E-state index contributed by atoms with van der Waals surface area (Å²) in [6.45, 7) is 2.53. The molecule has 0 fully saturated rings.